The van der Waals surface area contributed by atoms with Gasteiger partial charge in [-0.15, -0.1) is 0 Å². The quantitative estimate of drug-likeness (QED) is 0.692. The zero-order chi connectivity index (χ0) is 15.4. The van der Waals surface area contributed by atoms with Gasteiger partial charge in [0, 0.05) is 0 Å². The molecule has 1 N–H and O–H groups in total. The van der Waals surface area contributed by atoms with E-state index in [1.165, 1.54) is 5.56 Å². The molecule has 4 nitrogen and oxygen atoms in total. The van der Waals surface area contributed by atoms with Gasteiger partial charge >= 0.3 is 0 Å². The first-order chi connectivity index (χ1) is 9.95. The predicted octanol–water partition coefficient (Wildman–Crippen LogP) is 3.29. The molecule has 0 atom stereocenters. The summed E-state index contributed by atoms with van der Waals surface area (Å²) in [7, 11) is 0. The van der Waals surface area contributed by atoms with E-state index in [0.29, 0.717) is 17.9 Å². The molecular weight excluding hydrogens is 264 g/mol. The van der Waals surface area contributed by atoms with Crippen molar-refractivity contribution in [3.63, 3.8) is 0 Å². The van der Waals surface area contributed by atoms with E-state index in [9.17, 15) is 4.79 Å². The van der Waals surface area contributed by atoms with Gasteiger partial charge in [-0.3, -0.25) is 4.79 Å². The number of carbonyl (C=O) groups is 1. The van der Waals surface area contributed by atoms with Crippen molar-refractivity contribution in [2.75, 3.05) is 0 Å². The molecule has 1 aromatic carbocycles. The maximum Gasteiger partial charge on any atom is 0.244 e. The molecule has 110 valence electrons. The van der Waals surface area contributed by atoms with Gasteiger partial charge in [0.15, 0.2) is 0 Å². The van der Waals surface area contributed by atoms with Crippen molar-refractivity contribution in [2.45, 2.75) is 34.1 Å². The number of nitrogens with one attached hydrogen (secondary N) is 1. The summed E-state index contributed by atoms with van der Waals surface area (Å²) in [4.78, 5) is 11.9. The van der Waals surface area contributed by atoms with Gasteiger partial charge in [0.25, 0.3) is 0 Å². The fourth-order valence-electron chi connectivity index (χ4n) is 2.09. The fraction of sp³-hybridized carbons (Fsp3) is 0.294. The van der Waals surface area contributed by atoms with Crippen LogP contribution < -0.4 is 5.43 Å². The molecule has 0 aliphatic rings. The molecule has 1 heterocycles. The van der Waals surface area contributed by atoms with Crippen molar-refractivity contribution in [3.05, 3.63) is 58.5 Å². The zero-order valence-electron chi connectivity index (χ0n) is 12.9. The summed E-state index contributed by atoms with van der Waals surface area (Å²) in [5.74, 6) is 1.35. The first-order valence-corrected chi connectivity index (χ1v) is 6.92. The topological polar surface area (TPSA) is 54.6 Å². The normalized spacial score (nSPS) is 11.5. The molecule has 0 saturated heterocycles. The number of hydrazone groups is 1. The zero-order valence-corrected chi connectivity index (χ0v) is 12.9. The molecule has 0 aliphatic carbocycles. The lowest BCUT2D eigenvalue weighted by atomic mass is 10.0. The summed E-state index contributed by atoms with van der Waals surface area (Å²) in [6.07, 6.45) is 0.320. The molecule has 0 unspecified atom stereocenters. The second-order valence-electron chi connectivity index (χ2n) is 5.25. The molecule has 0 spiro atoms. The maximum absolute atomic E-state index is 11.9. The third kappa shape index (κ3) is 4.05. The standard InChI is InChI=1S/C17H20N2O2/c1-11-5-7-15(12(2)9-11)10-17(20)19-18-14(4)16-8-6-13(3)21-16/h5-9H,10H2,1-4H3,(H,19,20)/b18-14-. The van der Waals surface area contributed by atoms with E-state index in [0.717, 1.165) is 16.9 Å². The Hall–Kier alpha value is -2.36. The van der Waals surface area contributed by atoms with Crippen LogP contribution in [0.5, 0.6) is 0 Å². The van der Waals surface area contributed by atoms with E-state index in [1.807, 2.05) is 45.0 Å². The van der Waals surface area contributed by atoms with Gasteiger partial charge in [0.2, 0.25) is 5.91 Å². The largest absolute Gasteiger partial charge is 0.460 e. The van der Waals surface area contributed by atoms with Gasteiger partial charge in [0.1, 0.15) is 17.2 Å². The van der Waals surface area contributed by atoms with E-state index in [-0.39, 0.29) is 5.91 Å². The number of hydrogen-bond donors (Lipinski definition) is 1. The van der Waals surface area contributed by atoms with Crippen LogP contribution in [-0.2, 0) is 11.2 Å². The predicted molar refractivity (Wildman–Crippen MR) is 83.4 cm³/mol. The monoisotopic (exact) mass is 284 g/mol. The number of rotatable bonds is 4. The minimum atomic E-state index is -0.135. The van der Waals surface area contributed by atoms with Gasteiger partial charge in [-0.25, -0.2) is 5.43 Å². The second kappa shape index (κ2) is 6.39. The highest BCUT2D eigenvalue weighted by Gasteiger charge is 2.07. The Morgan fingerprint density at radius 2 is 1.95 bits per heavy atom. The molecule has 0 aliphatic heterocycles. The summed E-state index contributed by atoms with van der Waals surface area (Å²) < 4.78 is 5.45. The van der Waals surface area contributed by atoms with Crippen LogP contribution in [0.3, 0.4) is 0 Å². The number of aryl methyl sites for hydroxylation is 3. The lowest BCUT2D eigenvalue weighted by molar-refractivity contribution is -0.120. The molecule has 4 heteroatoms. The molecule has 0 saturated carbocycles. The van der Waals surface area contributed by atoms with Crippen LogP contribution in [0.25, 0.3) is 0 Å². The van der Waals surface area contributed by atoms with Gasteiger partial charge in [-0.05, 0) is 51.0 Å². The fourth-order valence-corrected chi connectivity index (χ4v) is 2.09. The average Bonchev–Trinajstić information content (AvgIpc) is 2.86. The SMILES string of the molecule is C/C(=N/NC(=O)Cc1ccc(C)cc1C)c1ccc(C)o1. The van der Waals surface area contributed by atoms with Crippen LogP contribution in [0.2, 0.25) is 0 Å². The molecule has 0 radical (unpaired) electrons. The van der Waals surface area contributed by atoms with Crippen molar-refractivity contribution in [2.24, 2.45) is 5.10 Å². The molecule has 1 aromatic heterocycles. The highest BCUT2D eigenvalue weighted by molar-refractivity contribution is 5.97. The van der Waals surface area contributed by atoms with Crippen LogP contribution in [-0.4, -0.2) is 11.6 Å². The summed E-state index contributed by atoms with van der Waals surface area (Å²) in [6, 6.07) is 9.77. The van der Waals surface area contributed by atoms with Gasteiger partial charge in [-0.1, -0.05) is 23.8 Å². The molecule has 1 amide bonds. The lowest BCUT2D eigenvalue weighted by Crippen LogP contribution is -2.21. The van der Waals surface area contributed by atoms with E-state index in [2.05, 4.69) is 16.6 Å². The third-order valence-corrected chi connectivity index (χ3v) is 3.29. The summed E-state index contributed by atoms with van der Waals surface area (Å²) >= 11 is 0. The van der Waals surface area contributed by atoms with E-state index in [1.54, 1.807) is 6.92 Å². The van der Waals surface area contributed by atoms with Crippen LogP contribution >= 0.6 is 0 Å². The van der Waals surface area contributed by atoms with E-state index >= 15 is 0 Å². The number of hydrogen-bond acceptors (Lipinski definition) is 3. The third-order valence-electron chi connectivity index (χ3n) is 3.29. The minimum Gasteiger partial charge on any atom is -0.460 e. The Morgan fingerprint density at radius 1 is 1.19 bits per heavy atom. The van der Waals surface area contributed by atoms with E-state index in [4.69, 9.17) is 4.42 Å². The number of benzene rings is 1. The maximum atomic E-state index is 11.9. The molecule has 2 aromatic rings. The van der Waals surface area contributed by atoms with Crippen molar-refractivity contribution < 1.29 is 9.21 Å². The van der Waals surface area contributed by atoms with Crippen LogP contribution in [0, 0.1) is 20.8 Å². The second-order valence-corrected chi connectivity index (χ2v) is 5.25. The summed E-state index contributed by atoms with van der Waals surface area (Å²) in [5.41, 5.74) is 6.54. The van der Waals surface area contributed by atoms with E-state index < -0.39 is 0 Å². The number of carbonyl (C=O) groups excluding carboxylic acids is 1. The van der Waals surface area contributed by atoms with Crippen LogP contribution in [0.1, 0.15) is 35.1 Å². The highest BCUT2D eigenvalue weighted by atomic mass is 16.3. The van der Waals surface area contributed by atoms with Gasteiger partial charge in [-0.2, -0.15) is 5.10 Å². The molecule has 21 heavy (non-hydrogen) atoms. The van der Waals surface area contributed by atoms with Crippen molar-refractivity contribution >= 4 is 11.6 Å². The summed E-state index contributed by atoms with van der Waals surface area (Å²) in [6.45, 7) is 7.72. The lowest BCUT2D eigenvalue weighted by Gasteiger charge is -2.06. The number of nitrogens with zero attached hydrogens (tertiary/aromatic N) is 1. The Balaban J connectivity index is 1.98. The average molecular weight is 284 g/mol. The first-order valence-electron chi connectivity index (χ1n) is 6.92. The minimum absolute atomic E-state index is 0.135. The Morgan fingerprint density at radius 3 is 2.57 bits per heavy atom. The Labute approximate surface area is 124 Å². The Kier molecular flexibility index (Phi) is 4.58. The van der Waals surface area contributed by atoms with Gasteiger partial charge in [0.05, 0.1) is 6.42 Å². The molecule has 0 bridgehead atoms. The van der Waals surface area contributed by atoms with Crippen molar-refractivity contribution in [1.82, 2.24) is 5.43 Å². The van der Waals surface area contributed by atoms with Crippen molar-refractivity contribution in [3.8, 4) is 0 Å². The smallest absolute Gasteiger partial charge is 0.244 e. The number of amides is 1. The van der Waals surface area contributed by atoms with Crippen LogP contribution in [0.15, 0.2) is 39.9 Å². The first kappa shape index (κ1) is 15.0. The van der Waals surface area contributed by atoms with Crippen molar-refractivity contribution in [1.29, 1.82) is 0 Å². The highest BCUT2D eigenvalue weighted by Crippen LogP contribution is 2.11. The molecule has 2 rings (SSSR count). The summed E-state index contributed by atoms with van der Waals surface area (Å²) in [5, 5.41) is 4.07. The molecular formula is C17H20N2O2. The van der Waals surface area contributed by atoms with Crippen LogP contribution in [0.4, 0.5) is 0 Å². The Bertz CT molecular complexity index is 684. The molecule has 0 fully saturated rings. The van der Waals surface area contributed by atoms with Gasteiger partial charge < -0.3 is 4.42 Å². The number of furan rings is 1.